The number of anilines is 2. The lowest BCUT2D eigenvalue weighted by Crippen LogP contribution is -2.41. The standard InChI is InChI=1S/C13H22N6O/c1-7(2)11-16-12(18-15)8(3)13(17-11)19-6-4-5-9(19)10(14)20/h7,9H,4-6,15H2,1-3H3,(H2,14,20)(H,16,17,18). The van der Waals surface area contributed by atoms with Gasteiger partial charge < -0.3 is 16.1 Å². The van der Waals surface area contributed by atoms with E-state index in [0.717, 1.165) is 30.8 Å². The Balaban J connectivity index is 2.49. The van der Waals surface area contributed by atoms with E-state index in [2.05, 4.69) is 15.4 Å². The molecule has 0 spiro atoms. The van der Waals surface area contributed by atoms with Crippen LogP contribution in [0.15, 0.2) is 0 Å². The molecule has 0 aliphatic carbocycles. The number of nitrogens with one attached hydrogen (secondary N) is 1. The van der Waals surface area contributed by atoms with E-state index < -0.39 is 0 Å². The van der Waals surface area contributed by atoms with Crippen molar-refractivity contribution >= 4 is 17.5 Å². The molecule has 7 nitrogen and oxygen atoms in total. The second kappa shape index (κ2) is 5.62. The van der Waals surface area contributed by atoms with Crippen LogP contribution in [0.1, 0.15) is 44.0 Å². The number of rotatable bonds is 4. The van der Waals surface area contributed by atoms with E-state index in [1.54, 1.807) is 0 Å². The molecule has 0 radical (unpaired) electrons. The van der Waals surface area contributed by atoms with Gasteiger partial charge >= 0.3 is 0 Å². The molecule has 110 valence electrons. The van der Waals surface area contributed by atoms with Gasteiger partial charge in [-0.15, -0.1) is 0 Å². The number of nitrogen functional groups attached to an aromatic ring is 1. The zero-order chi connectivity index (χ0) is 14.9. The molecular formula is C13H22N6O. The average molecular weight is 278 g/mol. The maximum absolute atomic E-state index is 11.6. The molecule has 0 aromatic carbocycles. The number of hydrogen-bond acceptors (Lipinski definition) is 6. The van der Waals surface area contributed by atoms with E-state index in [9.17, 15) is 4.79 Å². The summed E-state index contributed by atoms with van der Waals surface area (Å²) in [4.78, 5) is 22.5. The molecule has 0 bridgehead atoms. The summed E-state index contributed by atoms with van der Waals surface area (Å²) in [6, 6.07) is -0.297. The first-order chi connectivity index (χ1) is 9.45. The van der Waals surface area contributed by atoms with E-state index in [4.69, 9.17) is 11.6 Å². The fourth-order valence-corrected chi connectivity index (χ4v) is 2.52. The largest absolute Gasteiger partial charge is 0.368 e. The van der Waals surface area contributed by atoms with E-state index in [0.29, 0.717) is 11.6 Å². The van der Waals surface area contributed by atoms with E-state index in [1.165, 1.54) is 0 Å². The molecular weight excluding hydrogens is 256 g/mol. The first-order valence-corrected chi connectivity index (χ1v) is 6.86. The number of hydrogen-bond donors (Lipinski definition) is 3. The van der Waals surface area contributed by atoms with Gasteiger partial charge in [-0.1, -0.05) is 13.8 Å². The molecule has 20 heavy (non-hydrogen) atoms. The summed E-state index contributed by atoms with van der Waals surface area (Å²) >= 11 is 0. The molecule has 1 aromatic heterocycles. The van der Waals surface area contributed by atoms with Gasteiger partial charge in [0.2, 0.25) is 5.91 Å². The zero-order valence-electron chi connectivity index (χ0n) is 12.2. The quantitative estimate of drug-likeness (QED) is 0.551. The summed E-state index contributed by atoms with van der Waals surface area (Å²) in [5.41, 5.74) is 8.92. The molecule has 1 amide bonds. The van der Waals surface area contributed by atoms with E-state index in [-0.39, 0.29) is 17.9 Å². The van der Waals surface area contributed by atoms with Crippen LogP contribution in [0.5, 0.6) is 0 Å². The highest BCUT2D eigenvalue weighted by molar-refractivity contribution is 5.84. The summed E-state index contributed by atoms with van der Waals surface area (Å²) in [6.07, 6.45) is 1.70. The number of amides is 1. The molecule has 1 aromatic rings. The fourth-order valence-electron chi connectivity index (χ4n) is 2.52. The van der Waals surface area contributed by atoms with Gasteiger partial charge in [-0.05, 0) is 19.8 Å². The van der Waals surface area contributed by atoms with Gasteiger partial charge in [-0.2, -0.15) is 0 Å². The van der Waals surface area contributed by atoms with Gasteiger partial charge in [0, 0.05) is 18.0 Å². The van der Waals surface area contributed by atoms with E-state index >= 15 is 0 Å². The molecule has 0 saturated carbocycles. The van der Waals surface area contributed by atoms with Crippen LogP contribution in [-0.4, -0.2) is 28.5 Å². The summed E-state index contributed by atoms with van der Waals surface area (Å²) < 4.78 is 0. The molecule has 1 atom stereocenters. The van der Waals surface area contributed by atoms with Gasteiger partial charge in [0.05, 0.1) is 0 Å². The highest BCUT2D eigenvalue weighted by Crippen LogP contribution is 2.30. The molecule has 1 aliphatic rings. The molecule has 2 heterocycles. The predicted molar refractivity (Wildman–Crippen MR) is 78.2 cm³/mol. The smallest absolute Gasteiger partial charge is 0.240 e. The van der Waals surface area contributed by atoms with Crippen LogP contribution < -0.4 is 21.9 Å². The van der Waals surface area contributed by atoms with Crippen molar-refractivity contribution in [2.75, 3.05) is 16.9 Å². The van der Waals surface area contributed by atoms with Crippen molar-refractivity contribution in [1.29, 1.82) is 0 Å². The maximum Gasteiger partial charge on any atom is 0.240 e. The first-order valence-electron chi connectivity index (χ1n) is 6.86. The highest BCUT2D eigenvalue weighted by atomic mass is 16.1. The number of aromatic nitrogens is 2. The number of carbonyl (C=O) groups is 1. The Morgan fingerprint density at radius 3 is 2.70 bits per heavy atom. The lowest BCUT2D eigenvalue weighted by Gasteiger charge is -2.26. The molecule has 1 unspecified atom stereocenters. The first kappa shape index (κ1) is 14.5. The molecule has 1 aliphatic heterocycles. The summed E-state index contributed by atoms with van der Waals surface area (Å²) in [5.74, 6) is 7.44. The minimum atomic E-state index is -0.311. The van der Waals surface area contributed by atoms with Crippen LogP contribution in [0.2, 0.25) is 0 Å². The van der Waals surface area contributed by atoms with Crippen LogP contribution in [0.3, 0.4) is 0 Å². The van der Waals surface area contributed by atoms with Crippen molar-refractivity contribution < 1.29 is 4.79 Å². The number of hydrazine groups is 1. The van der Waals surface area contributed by atoms with Gasteiger partial charge in [-0.3, -0.25) is 4.79 Å². The highest BCUT2D eigenvalue weighted by Gasteiger charge is 2.32. The summed E-state index contributed by atoms with van der Waals surface area (Å²) in [6.45, 7) is 6.70. The van der Waals surface area contributed by atoms with Crippen molar-refractivity contribution in [3.63, 3.8) is 0 Å². The van der Waals surface area contributed by atoms with Crippen LogP contribution >= 0.6 is 0 Å². The molecule has 1 fully saturated rings. The molecule has 7 heteroatoms. The normalized spacial score (nSPS) is 18.6. The van der Waals surface area contributed by atoms with Gasteiger partial charge in [-0.25, -0.2) is 15.8 Å². The average Bonchev–Trinajstić information content (AvgIpc) is 2.87. The zero-order valence-corrected chi connectivity index (χ0v) is 12.2. The monoisotopic (exact) mass is 278 g/mol. The number of nitrogens with zero attached hydrogens (tertiary/aromatic N) is 3. The lowest BCUT2D eigenvalue weighted by atomic mass is 10.1. The molecule has 1 saturated heterocycles. The third kappa shape index (κ3) is 2.53. The Hall–Kier alpha value is -1.89. The summed E-state index contributed by atoms with van der Waals surface area (Å²) in [5, 5.41) is 0. The van der Waals surface area contributed by atoms with Crippen molar-refractivity contribution in [3.05, 3.63) is 11.4 Å². The van der Waals surface area contributed by atoms with E-state index in [1.807, 2.05) is 25.7 Å². The lowest BCUT2D eigenvalue weighted by molar-refractivity contribution is -0.119. The van der Waals surface area contributed by atoms with Gasteiger partial charge in [0.15, 0.2) is 0 Å². The third-order valence-corrected chi connectivity index (χ3v) is 3.64. The van der Waals surface area contributed by atoms with Gasteiger partial charge in [0.1, 0.15) is 23.5 Å². The fraction of sp³-hybridized carbons (Fsp3) is 0.615. The number of primary amides is 1. The Morgan fingerprint density at radius 1 is 1.45 bits per heavy atom. The molecule has 2 rings (SSSR count). The number of carbonyl (C=O) groups excluding carboxylic acids is 1. The van der Waals surface area contributed by atoms with Crippen LogP contribution in [0, 0.1) is 6.92 Å². The Bertz CT molecular complexity index is 516. The maximum atomic E-state index is 11.6. The predicted octanol–water partition coefficient (Wildman–Crippen LogP) is 0.648. The molecule has 5 N–H and O–H groups in total. The number of nitrogens with two attached hydrogens (primary N) is 2. The van der Waals surface area contributed by atoms with Crippen LogP contribution in [0.4, 0.5) is 11.6 Å². The van der Waals surface area contributed by atoms with Crippen molar-refractivity contribution in [1.82, 2.24) is 9.97 Å². The van der Waals surface area contributed by atoms with Crippen LogP contribution in [0.25, 0.3) is 0 Å². The Kier molecular flexibility index (Phi) is 4.08. The minimum Gasteiger partial charge on any atom is -0.368 e. The second-order valence-corrected chi connectivity index (χ2v) is 5.43. The van der Waals surface area contributed by atoms with Crippen molar-refractivity contribution in [3.8, 4) is 0 Å². The Morgan fingerprint density at radius 2 is 2.15 bits per heavy atom. The van der Waals surface area contributed by atoms with Crippen molar-refractivity contribution in [2.24, 2.45) is 11.6 Å². The van der Waals surface area contributed by atoms with Gasteiger partial charge in [0.25, 0.3) is 0 Å². The van der Waals surface area contributed by atoms with Crippen molar-refractivity contribution in [2.45, 2.75) is 45.6 Å². The SMILES string of the molecule is Cc1c(NN)nc(C(C)C)nc1N1CCCC1C(N)=O. The summed E-state index contributed by atoms with van der Waals surface area (Å²) in [7, 11) is 0. The minimum absolute atomic E-state index is 0.177. The third-order valence-electron chi connectivity index (χ3n) is 3.64. The topological polar surface area (TPSA) is 110 Å². The Labute approximate surface area is 118 Å². The van der Waals surface area contributed by atoms with Crippen LogP contribution in [-0.2, 0) is 4.79 Å². The second-order valence-electron chi connectivity index (χ2n) is 5.43.